The van der Waals surface area contributed by atoms with Crippen LogP contribution in [-0.4, -0.2) is 31.0 Å². The Morgan fingerprint density at radius 3 is 3.00 bits per heavy atom. The SMILES string of the molecule is Cc1cnc(N(C)CCNC(=O)C#Cc2cccc(Cl)c2)s1. The Labute approximate surface area is 139 Å². The second-order valence-electron chi connectivity index (χ2n) is 4.69. The topological polar surface area (TPSA) is 45.2 Å². The summed E-state index contributed by atoms with van der Waals surface area (Å²) in [5, 5.41) is 4.31. The maximum absolute atomic E-state index is 11.7. The quantitative estimate of drug-likeness (QED) is 0.875. The molecule has 1 aromatic carbocycles. The minimum atomic E-state index is -0.302. The van der Waals surface area contributed by atoms with Gasteiger partial charge in [-0.15, -0.1) is 11.3 Å². The summed E-state index contributed by atoms with van der Waals surface area (Å²) in [5.74, 6) is 5.04. The van der Waals surface area contributed by atoms with E-state index in [1.54, 1.807) is 29.5 Å². The minimum absolute atomic E-state index is 0.302. The molecule has 0 saturated carbocycles. The Balaban J connectivity index is 1.79. The van der Waals surface area contributed by atoms with Crippen LogP contribution < -0.4 is 10.2 Å². The summed E-state index contributed by atoms with van der Waals surface area (Å²) in [6.45, 7) is 3.21. The zero-order valence-corrected chi connectivity index (χ0v) is 14.0. The highest BCUT2D eigenvalue weighted by Gasteiger charge is 2.05. The van der Waals surface area contributed by atoms with Gasteiger partial charge >= 0.3 is 0 Å². The predicted molar refractivity (Wildman–Crippen MR) is 91.5 cm³/mol. The van der Waals surface area contributed by atoms with E-state index in [1.165, 1.54) is 4.88 Å². The van der Waals surface area contributed by atoms with Crippen LogP contribution in [0.1, 0.15) is 10.4 Å². The van der Waals surface area contributed by atoms with Gasteiger partial charge in [-0.3, -0.25) is 4.79 Å². The van der Waals surface area contributed by atoms with Gasteiger partial charge in [0.05, 0.1) is 0 Å². The van der Waals surface area contributed by atoms with Gasteiger partial charge in [0, 0.05) is 47.7 Å². The zero-order valence-electron chi connectivity index (χ0n) is 12.4. The molecule has 0 radical (unpaired) electrons. The molecule has 1 amide bonds. The van der Waals surface area contributed by atoms with Crippen LogP contribution in [0, 0.1) is 18.8 Å². The molecule has 0 bridgehead atoms. The molecule has 0 spiro atoms. The van der Waals surface area contributed by atoms with E-state index in [4.69, 9.17) is 11.6 Å². The first-order valence-electron chi connectivity index (χ1n) is 6.73. The van der Waals surface area contributed by atoms with E-state index in [2.05, 4.69) is 22.1 Å². The van der Waals surface area contributed by atoms with E-state index < -0.39 is 0 Å². The Hall–Kier alpha value is -2.03. The number of anilines is 1. The highest BCUT2D eigenvalue weighted by atomic mass is 35.5. The molecule has 0 aliphatic rings. The van der Waals surface area contributed by atoms with Crippen molar-refractivity contribution in [2.45, 2.75) is 6.92 Å². The number of rotatable bonds is 4. The normalized spacial score (nSPS) is 9.77. The van der Waals surface area contributed by atoms with Crippen molar-refractivity contribution in [1.82, 2.24) is 10.3 Å². The number of aromatic nitrogens is 1. The molecule has 0 aliphatic carbocycles. The largest absolute Gasteiger partial charge is 0.349 e. The summed E-state index contributed by atoms with van der Waals surface area (Å²) in [4.78, 5) is 19.1. The summed E-state index contributed by atoms with van der Waals surface area (Å²) < 4.78 is 0. The van der Waals surface area contributed by atoms with Crippen LogP contribution in [0.5, 0.6) is 0 Å². The lowest BCUT2D eigenvalue weighted by Crippen LogP contribution is -2.32. The van der Waals surface area contributed by atoms with Crippen LogP contribution in [0.15, 0.2) is 30.5 Å². The Bertz CT molecular complexity index is 717. The van der Waals surface area contributed by atoms with Crippen molar-refractivity contribution < 1.29 is 4.79 Å². The van der Waals surface area contributed by atoms with Crippen molar-refractivity contribution in [2.24, 2.45) is 0 Å². The Morgan fingerprint density at radius 2 is 2.32 bits per heavy atom. The maximum Gasteiger partial charge on any atom is 0.296 e. The highest BCUT2D eigenvalue weighted by molar-refractivity contribution is 7.15. The van der Waals surface area contributed by atoms with Gasteiger partial charge < -0.3 is 10.2 Å². The number of nitrogens with one attached hydrogen (secondary N) is 1. The van der Waals surface area contributed by atoms with Gasteiger partial charge in [-0.1, -0.05) is 23.6 Å². The van der Waals surface area contributed by atoms with Crippen LogP contribution in [0.4, 0.5) is 5.13 Å². The lowest BCUT2D eigenvalue weighted by atomic mass is 10.2. The molecule has 0 unspecified atom stereocenters. The summed E-state index contributed by atoms with van der Waals surface area (Å²) in [5.41, 5.74) is 0.720. The van der Waals surface area contributed by atoms with Gasteiger partial charge in [-0.05, 0) is 25.1 Å². The fourth-order valence-corrected chi connectivity index (χ4v) is 2.63. The van der Waals surface area contributed by atoms with E-state index in [9.17, 15) is 4.79 Å². The molecule has 0 fully saturated rings. The molecule has 1 aromatic heterocycles. The van der Waals surface area contributed by atoms with Gasteiger partial charge in [0.25, 0.3) is 5.91 Å². The second kappa shape index (κ2) is 7.83. The lowest BCUT2D eigenvalue weighted by molar-refractivity contribution is -0.115. The highest BCUT2D eigenvalue weighted by Crippen LogP contribution is 2.19. The van der Waals surface area contributed by atoms with E-state index in [0.29, 0.717) is 18.1 Å². The molecule has 22 heavy (non-hydrogen) atoms. The fourth-order valence-electron chi connectivity index (χ4n) is 1.69. The van der Waals surface area contributed by atoms with Crippen molar-refractivity contribution in [3.05, 3.63) is 45.9 Å². The fraction of sp³-hybridized carbons (Fsp3) is 0.250. The van der Waals surface area contributed by atoms with Crippen LogP contribution in [-0.2, 0) is 4.79 Å². The lowest BCUT2D eigenvalue weighted by Gasteiger charge is -2.15. The average Bonchev–Trinajstić information content (AvgIpc) is 2.92. The van der Waals surface area contributed by atoms with Gasteiger partial charge in [-0.25, -0.2) is 4.98 Å². The molecule has 2 aromatic rings. The van der Waals surface area contributed by atoms with Crippen molar-refractivity contribution in [3.8, 4) is 11.8 Å². The van der Waals surface area contributed by atoms with E-state index in [1.807, 2.05) is 31.1 Å². The molecule has 6 heteroatoms. The minimum Gasteiger partial charge on any atom is -0.349 e. The van der Waals surface area contributed by atoms with Crippen molar-refractivity contribution in [2.75, 3.05) is 25.0 Å². The molecule has 0 aliphatic heterocycles. The number of aryl methyl sites for hydroxylation is 1. The average molecular weight is 334 g/mol. The summed E-state index contributed by atoms with van der Waals surface area (Å²) >= 11 is 7.48. The number of carbonyl (C=O) groups excluding carboxylic acids is 1. The van der Waals surface area contributed by atoms with Crippen molar-refractivity contribution in [1.29, 1.82) is 0 Å². The molecule has 0 atom stereocenters. The molecular formula is C16H16ClN3OS. The number of halogens is 1. The van der Waals surface area contributed by atoms with Crippen molar-refractivity contribution >= 4 is 34.0 Å². The number of nitrogens with zero attached hydrogens (tertiary/aromatic N) is 2. The number of likely N-dealkylation sites (N-methyl/N-ethyl adjacent to an activating group) is 1. The Kier molecular flexibility index (Phi) is 5.82. The van der Waals surface area contributed by atoms with Gasteiger partial charge in [0.2, 0.25) is 0 Å². The third-order valence-corrected chi connectivity index (χ3v) is 4.08. The molecule has 0 saturated heterocycles. The summed E-state index contributed by atoms with van der Waals surface area (Å²) in [6, 6.07) is 7.10. The number of hydrogen-bond donors (Lipinski definition) is 1. The van der Waals surface area contributed by atoms with Crippen LogP contribution in [0.2, 0.25) is 5.02 Å². The third-order valence-electron chi connectivity index (χ3n) is 2.81. The van der Waals surface area contributed by atoms with Crippen LogP contribution in [0.25, 0.3) is 0 Å². The number of carbonyl (C=O) groups is 1. The summed E-state index contributed by atoms with van der Waals surface area (Å²) in [7, 11) is 1.95. The first-order valence-corrected chi connectivity index (χ1v) is 7.93. The predicted octanol–water partition coefficient (Wildman–Crippen LogP) is 2.71. The second-order valence-corrected chi connectivity index (χ2v) is 6.34. The number of hydrogen-bond acceptors (Lipinski definition) is 4. The zero-order chi connectivity index (χ0) is 15.9. The van der Waals surface area contributed by atoms with E-state index in [0.717, 1.165) is 10.7 Å². The third kappa shape index (κ3) is 5.06. The van der Waals surface area contributed by atoms with Gasteiger partial charge in [0.1, 0.15) is 0 Å². The van der Waals surface area contributed by atoms with E-state index in [-0.39, 0.29) is 5.91 Å². The molecular weight excluding hydrogens is 318 g/mol. The molecule has 2 rings (SSSR count). The Morgan fingerprint density at radius 1 is 1.50 bits per heavy atom. The standard InChI is InChI=1S/C16H16ClN3OS/c1-12-11-19-16(22-12)20(2)9-8-18-15(21)7-6-13-4-3-5-14(17)10-13/h3-5,10-11H,8-9H2,1-2H3,(H,18,21). The van der Waals surface area contributed by atoms with Gasteiger partial charge in [0.15, 0.2) is 5.13 Å². The first-order chi connectivity index (χ1) is 10.5. The molecule has 1 heterocycles. The molecule has 114 valence electrons. The number of thiazole rings is 1. The van der Waals surface area contributed by atoms with E-state index >= 15 is 0 Å². The molecule has 4 nitrogen and oxygen atoms in total. The van der Waals surface area contributed by atoms with Crippen LogP contribution in [0.3, 0.4) is 0 Å². The maximum atomic E-state index is 11.7. The first kappa shape index (κ1) is 16.3. The smallest absolute Gasteiger partial charge is 0.296 e. The monoisotopic (exact) mass is 333 g/mol. The number of amides is 1. The van der Waals surface area contributed by atoms with Crippen molar-refractivity contribution in [3.63, 3.8) is 0 Å². The molecule has 1 N–H and O–H groups in total. The number of benzene rings is 1. The summed E-state index contributed by atoms with van der Waals surface area (Å²) in [6.07, 6.45) is 1.84. The van der Waals surface area contributed by atoms with Gasteiger partial charge in [-0.2, -0.15) is 0 Å². The van der Waals surface area contributed by atoms with Crippen LogP contribution >= 0.6 is 22.9 Å².